The molecule has 286 valence electrons. The van der Waals surface area contributed by atoms with Gasteiger partial charge in [-0.1, -0.05) is 188 Å². The van der Waals surface area contributed by atoms with Crippen LogP contribution in [0.2, 0.25) is 0 Å². The molecule has 1 aliphatic carbocycles. The van der Waals surface area contributed by atoms with Crippen LogP contribution in [0.3, 0.4) is 0 Å². The second-order valence-corrected chi connectivity index (χ2v) is 16.0. The van der Waals surface area contributed by atoms with Crippen molar-refractivity contribution in [1.29, 1.82) is 0 Å². The van der Waals surface area contributed by atoms with Crippen molar-refractivity contribution < 1.29 is 4.74 Å². The molecule has 2 heteroatoms. The minimum Gasteiger partial charge on any atom is -0.457 e. The van der Waals surface area contributed by atoms with E-state index in [-0.39, 0.29) is 0 Å². The Balaban J connectivity index is 1.12. The maximum absolute atomic E-state index is 6.81. The van der Waals surface area contributed by atoms with Gasteiger partial charge in [-0.15, -0.1) is 0 Å². The van der Waals surface area contributed by atoms with Crippen LogP contribution < -0.4 is 9.64 Å². The monoisotopic (exact) mass is 777 g/mol. The first-order valence-corrected chi connectivity index (χ1v) is 21.0. The van der Waals surface area contributed by atoms with Gasteiger partial charge in [-0.2, -0.15) is 0 Å². The second kappa shape index (κ2) is 14.1. The number of anilines is 3. The van der Waals surface area contributed by atoms with Crippen molar-refractivity contribution in [2.45, 2.75) is 5.41 Å². The third-order valence-corrected chi connectivity index (χ3v) is 12.7. The van der Waals surface area contributed by atoms with Gasteiger partial charge in [0.15, 0.2) is 0 Å². The second-order valence-electron chi connectivity index (χ2n) is 16.0. The minimum absolute atomic E-state index is 0.593. The molecule has 0 N–H and O–H groups in total. The molecule has 10 aromatic carbocycles. The number of hydrogen-bond acceptors (Lipinski definition) is 2. The van der Waals surface area contributed by atoms with Crippen LogP contribution in [0.15, 0.2) is 237 Å². The molecule has 0 saturated carbocycles. The van der Waals surface area contributed by atoms with Gasteiger partial charge in [0.25, 0.3) is 0 Å². The largest absolute Gasteiger partial charge is 0.457 e. The van der Waals surface area contributed by atoms with E-state index in [4.69, 9.17) is 4.74 Å². The number of benzene rings is 10. The molecule has 1 atom stereocenters. The lowest BCUT2D eigenvalue weighted by Crippen LogP contribution is -2.32. The highest BCUT2D eigenvalue weighted by Gasteiger charge is 2.52. The lowest BCUT2D eigenvalue weighted by atomic mass is 9.65. The average molecular weight is 778 g/mol. The molecule has 0 radical (unpaired) electrons. The molecule has 0 amide bonds. The molecule has 1 heterocycles. The summed E-state index contributed by atoms with van der Waals surface area (Å²) in [7, 11) is 0. The zero-order valence-corrected chi connectivity index (χ0v) is 33.4. The number of ether oxygens (including phenoxy) is 1. The van der Waals surface area contributed by atoms with Crippen LogP contribution >= 0.6 is 0 Å². The predicted octanol–water partition coefficient (Wildman–Crippen LogP) is 15.8. The molecule has 0 saturated heterocycles. The summed E-state index contributed by atoms with van der Waals surface area (Å²) in [6, 6.07) is 85.9. The zero-order chi connectivity index (χ0) is 40.3. The third-order valence-electron chi connectivity index (χ3n) is 12.7. The fourth-order valence-corrected chi connectivity index (χ4v) is 10.1. The Morgan fingerprint density at radius 1 is 0.328 bits per heavy atom. The molecule has 1 spiro atoms. The fraction of sp³-hybridized carbons (Fsp3) is 0.0169. The first-order valence-electron chi connectivity index (χ1n) is 21.0. The number of rotatable bonds is 6. The van der Waals surface area contributed by atoms with Gasteiger partial charge in [0.1, 0.15) is 11.5 Å². The van der Waals surface area contributed by atoms with Crippen LogP contribution in [0.25, 0.3) is 55.3 Å². The normalized spacial score (nSPS) is 14.4. The van der Waals surface area contributed by atoms with Crippen LogP contribution in [0, 0.1) is 0 Å². The van der Waals surface area contributed by atoms with Crippen molar-refractivity contribution in [3.63, 3.8) is 0 Å². The van der Waals surface area contributed by atoms with Crippen LogP contribution in [-0.4, -0.2) is 0 Å². The summed E-state index contributed by atoms with van der Waals surface area (Å²) < 4.78 is 6.81. The summed E-state index contributed by atoms with van der Waals surface area (Å²) in [5, 5.41) is 2.40. The van der Waals surface area contributed by atoms with Gasteiger partial charge in [-0.3, -0.25) is 0 Å². The first-order chi connectivity index (χ1) is 30.3. The highest BCUT2D eigenvalue weighted by Crippen LogP contribution is 2.64. The Labute approximate surface area is 356 Å². The molecular weight excluding hydrogens is 739 g/mol. The fourth-order valence-electron chi connectivity index (χ4n) is 10.1. The topological polar surface area (TPSA) is 12.5 Å². The van der Waals surface area contributed by atoms with Gasteiger partial charge in [-0.25, -0.2) is 0 Å². The van der Waals surface area contributed by atoms with E-state index in [1.54, 1.807) is 0 Å². The van der Waals surface area contributed by atoms with E-state index in [9.17, 15) is 0 Å². The van der Waals surface area contributed by atoms with Crippen molar-refractivity contribution in [2.24, 2.45) is 0 Å². The number of para-hydroxylation sites is 1. The average Bonchev–Trinajstić information content (AvgIpc) is 3.62. The molecule has 1 aliphatic heterocycles. The minimum atomic E-state index is -0.593. The molecule has 0 bridgehead atoms. The van der Waals surface area contributed by atoms with Gasteiger partial charge in [0.05, 0.1) is 11.1 Å². The maximum Gasteiger partial charge on any atom is 0.132 e. The van der Waals surface area contributed by atoms with Crippen molar-refractivity contribution in [3.8, 4) is 56.0 Å². The summed E-state index contributed by atoms with van der Waals surface area (Å²) in [6.07, 6.45) is 0. The van der Waals surface area contributed by atoms with Gasteiger partial charge >= 0.3 is 0 Å². The third kappa shape index (κ3) is 5.50. The Morgan fingerprint density at radius 3 is 1.67 bits per heavy atom. The van der Waals surface area contributed by atoms with Gasteiger partial charge in [0.2, 0.25) is 0 Å². The van der Waals surface area contributed by atoms with Gasteiger partial charge in [0, 0.05) is 28.1 Å². The van der Waals surface area contributed by atoms with E-state index in [0.29, 0.717) is 0 Å². The molecule has 2 aliphatic rings. The molecule has 12 rings (SSSR count). The van der Waals surface area contributed by atoms with E-state index in [0.717, 1.165) is 45.3 Å². The van der Waals surface area contributed by atoms with E-state index in [2.05, 4.69) is 241 Å². The molecule has 1 unspecified atom stereocenters. The van der Waals surface area contributed by atoms with E-state index in [1.165, 1.54) is 60.8 Å². The van der Waals surface area contributed by atoms with Gasteiger partial charge < -0.3 is 9.64 Å². The molecule has 2 nitrogen and oxygen atoms in total. The Morgan fingerprint density at radius 2 is 0.902 bits per heavy atom. The summed E-state index contributed by atoms with van der Waals surface area (Å²) in [4.78, 5) is 2.45. The maximum atomic E-state index is 6.81. The van der Waals surface area contributed by atoms with Crippen molar-refractivity contribution >= 4 is 27.8 Å². The van der Waals surface area contributed by atoms with Crippen LogP contribution in [0.4, 0.5) is 17.1 Å². The lowest BCUT2D eigenvalue weighted by molar-refractivity contribution is 0.438. The van der Waals surface area contributed by atoms with Gasteiger partial charge in [-0.05, 0) is 109 Å². The number of fused-ring (bicyclic) bond motifs is 11. The lowest BCUT2D eigenvalue weighted by Gasteiger charge is -2.40. The van der Waals surface area contributed by atoms with E-state index >= 15 is 0 Å². The van der Waals surface area contributed by atoms with E-state index in [1.807, 2.05) is 0 Å². The van der Waals surface area contributed by atoms with Crippen molar-refractivity contribution in [1.82, 2.24) is 0 Å². The summed E-state index contributed by atoms with van der Waals surface area (Å²) in [6.45, 7) is 0. The quantitative estimate of drug-likeness (QED) is 0.167. The summed E-state index contributed by atoms with van der Waals surface area (Å²) in [5.74, 6) is 1.79. The SMILES string of the molecule is c1ccc(-c2ccc(N(c3ccc4c(c3)-c3ccccc3C43c4ccccc4Oc4ccc5ccccc5c43)c3ccc(-c4ccccc4)cc3-c3ccccc3)cc2)cc1. The standard InChI is InChI=1S/C59H39NO/c1-4-16-40(17-5-1)42-28-32-46(33-29-42)60(55-36-30-45(41-18-6-2-7-19-41)38-50(55)43-20-8-3-9-21-43)47-34-35-53-51(39-47)49-24-12-13-25-52(49)59(53)54-26-14-15-27-56(54)61-57-37-31-44-22-10-11-23-48(44)58(57)59/h1-39H. The Hall–Kier alpha value is -7.94. The van der Waals surface area contributed by atoms with Crippen LogP contribution in [-0.2, 0) is 5.41 Å². The van der Waals surface area contributed by atoms with Crippen molar-refractivity contribution in [3.05, 3.63) is 259 Å². The highest BCUT2D eigenvalue weighted by atomic mass is 16.5. The zero-order valence-electron chi connectivity index (χ0n) is 33.4. The van der Waals surface area contributed by atoms with Crippen LogP contribution in [0.5, 0.6) is 11.5 Å². The molecule has 61 heavy (non-hydrogen) atoms. The highest BCUT2D eigenvalue weighted by molar-refractivity contribution is 5.99. The molecule has 0 fully saturated rings. The summed E-state index contributed by atoms with van der Waals surface area (Å²) >= 11 is 0. The summed E-state index contributed by atoms with van der Waals surface area (Å²) in [5.41, 5.74) is 17.1. The molecular formula is C59H39NO. The smallest absolute Gasteiger partial charge is 0.132 e. The molecule has 0 aromatic heterocycles. The predicted molar refractivity (Wildman–Crippen MR) is 252 cm³/mol. The number of hydrogen-bond donors (Lipinski definition) is 0. The van der Waals surface area contributed by atoms with Crippen molar-refractivity contribution in [2.75, 3.05) is 4.90 Å². The van der Waals surface area contributed by atoms with E-state index < -0.39 is 5.41 Å². The first kappa shape index (κ1) is 35.0. The number of nitrogens with zero attached hydrogens (tertiary/aromatic N) is 1. The van der Waals surface area contributed by atoms with Crippen LogP contribution in [0.1, 0.15) is 22.3 Å². The Bertz CT molecular complexity index is 3270. The Kier molecular flexibility index (Phi) is 8.11. The molecule has 10 aromatic rings.